The summed E-state index contributed by atoms with van der Waals surface area (Å²) < 4.78 is 11.5. The molecule has 1 aliphatic rings. The first-order valence-corrected chi connectivity index (χ1v) is 9.25. The van der Waals surface area contributed by atoms with Gasteiger partial charge in [0.2, 0.25) is 5.95 Å². The van der Waals surface area contributed by atoms with Crippen LogP contribution in [0.4, 0.5) is 11.6 Å². The molecule has 1 aromatic heterocycles. The molecular weight excluding hydrogens is 420 g/mol. The number of hydrogen-bond donors (Lipinski definition) is 1. The number of carbonyl (C=O) groups is 2. The minimum Gasteiger partial charge on any atom is -0.497 e. The summed E-state index contributed by atoms with van der Waals surface area (Å²) in [6, 6.07) is 11.1. The number of nitro groups is 1. The highest BCUT2D eigenvalue weighted by atomic mass is 16.6. The minimum absolute atomic E-state index is 0.0127. The second-order valence-corrected chi connectivity index (χ2v) is 6.66. The van der Waals surface area contributed by atoms with Crippen molar-refractivity contribution in [1.29, 1.82) is 0 Å². The van der Waals surface area contributed by atoms with Crippen LogP contribution in [0.15, 0.2) is 59.8 Å². The maximum Gasteiger partial charge on any atom is 0.355 e. The lowest BCUT2D eigenvalue weighted by atomic mass is 9.89. The Balaban J connectivity index is 1.92. The molecule has 1 atom stereocenters. The van der Waals surface area contributed by atoms with Gasteiger partial charge in [0.05, 0.1) is 24.7 Å². The molecule has 0 radical (unpaired) electrons. The highest BCUT2D eigenvalue weighted by Crippen LogP contribution is 2.37. The van der Waals surface area contributed by atoms with E-state index in [1.165, 1.54) is 43.2 Å². The van der Waals surface area contributed by atoms with Gasteiger partial charge < -0.3 is 14.8 Å². The van der Waals surface area contributed by atoms with Gasteiger partial charge in [0.1, 0.15) is 17.5 Å². The average Bonchev–Trinajstić information content (AvgIpc) is 3.30. The summed E-state index contributed by atoms with van der Waals surface area (Å²) in [5, 5.41) is 25.2. The number of non-ortho nitro benzene ring substituents is 1. The molecule has 0 saturated carbocycles. The number of nitro benzene ring substituents is 1. The number of aromatic nitrogens is 4. The van der Waals surface area contributed by atoms with Crippen LogP contribution in [0, 0.1) is 10.1 Å². The van der Waals surface area contributed by atoms with E-state index in [0.717, 1.165) is 0 Å². The van der Waals surface area contributed by atoms with Crippen LogP contribution < -0.4 is 10.1 Å². The first-order chi connectivity index (χ1) is 15.4. The van der Waals surface area contributed by atoms with E-state index in [2.05, 4.69) is 20.8 Å². The van der Waals surface area contributed by atoms with Gasteiger partial charge in [-0.3, -0.25) is 14.9 Å². The third-order valence-corrected chi connectivity index (χ3v) is 4.90. The van der Waals surface area contributed by atoms with E-state index in [9.17, 15) is 19.7 Å². The summed E-state index contributed by atoms with van der Waals surface area (Å²) in [5.74, 6) is -0.685. The number of Topliss-reactive ketones (excluding diaryl/α,β-unsaturated/α-hetero) is 1. The molecule has 0 saturated heterocycles. The van der Waals surface area contributed by atoms with Crippen LogP contribution in [0.25, 0.3) is 0 Å². The molecule has 32 heavy (non-hydrogen) atoms. The van der Waals surface area contributed by atoms with Crippen LogP contribution in [0.1, 0.15) is 22.0 Å². The Morgan fingerprint density at radius 2 is 1.91 bits per heavy atom. The number of nitrogens with one attached hydrogen (secondary N) is 1. The molecule has 0 spiro atoms. The number of hydrogen-bond acceptors (Lipinski definition) is 10. The fraction of sp³-hybridized carbons (Fsp3) is 0.150. The normalized spacial score (nSPS) is 14.9. The summed E-state index contributed by atoms with van der Waals surface area (Å²) in [6.07, 6.45) is 0. The molecule has 2 aromatic carbocycles. The van der Waals surface area contributed by atoms with E-state index in [-0.39, 0.29) is 28.5 Å². The standard InChI is InChI=1S/C20H16N6O6/c1-31-14-5-3-4-12(10-14)17-15(18(27)11-6-8-13(9-7-11)26(29)30)16(19(28)32-2)21-20-22-23-24-25(17)20/h3-10,17H,1-2H3,(H,21,22,24)/t17-/m1/s1. The number of nitrogens with zero attached hydrogens (tertiary/aromatic N) is 5. The minimum atomic E-state index is -0.895. The van der Waals surface area contributed by atoms with E-state index in [0.29, 0.717) is 11.3 Å². The number of esters is 1. The summed E-state index contributed by atoms with van der Waals surface area (Å²) in [6.45, 7) is 0. The zero-order valence-corrected chi connectivity index (χ0v) is 16.9. The van der Waals surface area contributed by atoms with Crippen molar-refractivity contribution in [3.8, 4) is 5.75 Å². The zero-order valence-electron chi connectivity index (χ0n) is 16.9. The highest BCUT2D eigenvalue weighted by Gasteiger charge is 2.38. The Morgan fingerprint density at radius 1 is 1.16 bits per heavy atom. The molecule has 0 unspecified atom stereocenters. The molecule has 1 aliphatic heterocycles. The van der Waals surface area contributed by atoms with Gasteiger partial charge >= 0.3 is 5.97 Å². The lowest BCUT2D eigenvalue weighted by molar-refractivity contribution is -0.384. The van der Waals surface area contributed by atoms with Crippen LogP contribution in [0.3, 0.4) is 0 Å². The molecule has 4 rings (SSSR count). The summed E-state index contributed by atoms with van der Waals surface area (Å²) >= 11 is 0. The van der Waals surface area contributed by atoms with Crippen molar-refractivity contribution in [2.45, 2.75) is 6.04 Å². The Morgan fingerprint density at radius 3 is 2.56 bits per heavy atom. The van der Waals surface area contributed by atoms with Crippen molar-refractivity contribution >= 4 is 23.4 Å². The number of anilines is 1. The molecule has 12 heteroatoms. The molecule has 2 heterocycles. The second-order valence-electron chi connectivity index (χ2n) is 6.66. The van der Waals surface area contributed by atoms with Gasteiger partial charge in [-0.15, -0.1) is 0 Å². The summed E-state index contributed by atoms with van der Waals surface area (Å²) in [5.41, 5.74) is 0.423. The quantitative estimate of drug-likeness (QED) is 0.262. The van der Waals surface area contributed by atoms with E-state index < -0.39 is 22.7 Å². The zero-order chi connectivity index (χ0) is 22.8. The monoisotopic (exact) mass is 436 g/mol. The fourth-order valence-corrected chi connectivity index (χ4v) is 3.40. The van der Waals surface area contributed by atoms with Crippen molar-refractivity contribution in [1.82, 2.24) is 20.2 Å². The number of tetrazole rings is 1. The van der Waals surface area contributed by atoms with Gasteiger partial charge in [-0.25, -0.2) is 4.79 Å². The molecule has 1 N–H and O–H groups in total. The molecule has 162 valence electrons. The van der Waals surface area contributed by atoms with E-state index in [4.69, 9.17) is 9.47 Å². The molecule has 0 amide bonds. The molecule has 0 fully saturated rings. The first-order valence-electron chi connectivity index (χ1n) is 9.25. The second kappa shape index (κ2) is 8.26. The van der Waals surface area contributed by atoms with E-state index in [1.54, 1.807) is 24.3 Å². The van der Waals surface area contributed by atoms with Gasteiger partial charge in [0, 0.05) is 17.7 Å². The van der Waals surface area contributed by atoms with Crippen molar-refractivity contribution in [2.75, 3.05) is 19.5 Å². The Hall–Kier alpha value is -4.61. The average molecular weight is 436 g/mol. The van der Waals surface area contributed by atoms with Gasteiger partial charge in [-0.05, 0) is 40.3 Å². The van der Waals surface area contributed by atoms with Gasteiger partial charge in [0.15, 0.2) is 5.78 Å². The Labute approximate surface area is 180 Å². The number of ether oxygens (including phenoxy) is 2. The number of fused-ring (bicyclic) bond motifs is 1. The Kier molecular flexibility index (Phi) is 5.33. The maximum atomic E-state index is 13.6. The van der Waals surface area contributed by atoms with Crippen LogP contribution in [-0.2, 0) is 9.53 Å². The third kappa shape index (κ3) is 3.53. The fourth-order valence-electron chi connectivity index (χ4n) is 3.40. The van der Waals surface area contributed by atoms with Crippen LogP contribution in [-0.4, -0.2) is 51.1 Å². The van der Waals surface area contributed by atoms with Gasteiger partial charge in [-0.2, -0.15) is 4.68 Å². The highest BCUT2D eigenvalue weighted by molar-refractivity contribution is 6.15. The number of rotatable bonds is 6. The van der Waals surface area contributed by atoms with Crippen LogP contribution in [0.2, 0.25) is 0 Å². The molecule has 3 aromatic rings. The maximum absolute atomic E-state index is 13.6. The number of benzene rings is 2. The van der Waals surface area contributed by atoms with Crippen molar-refractivity contribution in [2.24, 2.45) is 0 Å². The lowest BCUT2D eigenvalue weighted by Crippen LogP contribution is -2.33. The van der Waals surface area contributed by atoms with Crippen molar-refractivity contribution < 1.29 is 24.0 Å². The molecule has 0 aliphatic carbocycles. The largest absolute Gasteiger partial charge is 0.497 e. The number of methoxy groups -OCH3 is 2. The predicted octanol–water partition coefficient (Wildman–Crippen LogP) is 1.91. The molecule has 12 nitrogen and oxygen atoms in total. The SMILES string of the molecule is COC(=O)C1=C(C(=O)c2ccc([N+](=O)[O-])cc2)[C@@H](c2cccc(OC)c2)n2nnnc2N1. The smallest absolute Gasteiger partial charge is 0.355 e. The Bertz CT molecular complexity index is 1250. The number of ketones is 1. The van der Waals surface area contributed by atoms with Crippen molar-refractivity contribution in [3.05, 3.63) is 81.0 Å². The van der Waals surface area contributed by atoms with E-state index >= 15 is 0 Å². The predicted molar refractivity (Wildman–Crippen MR) is 109 cm³/mol. The summed E-state index contributed by atoms with van der Waals surface area (Å²) in [4.78, 5) is 36.6. The van der Waals surface area contributed by atoms with Gasteiger partial charge in [0.25, 0.3) is 5.69 Å². The van der Waals surface area contributed by atoms with Gasteiger partial charge in [-0.1, -0.05) is 17.2 Å². The molecule has 0 bridgehead atoms. The van der Waals surface area contributed by atoms with E-state index in [1.807, 2.05) is 0 Å². The van der Waals surface area contributed by atoms with Crippen molar-refractivity contribution in [3.63, 3.8) is 0 Å². The molecular formula is C20H16N6O6. The number of allylic oxidation sites excluding steroid dienone is 1. The topological polar surface area (TPSA) is 151 Å². The van der Waals surface area contributed by atoms with Crippen LogP contribution in [0.5, 0.6) is 5.75 Å². The van der Waals surface area contributed by atoms with Crippen LogP contribution >= 0.6 is 0 Å². The summed E-state index contributed by atoms with van der Waals surface area (Å²) in [7, 11) is 2.69. The third-order valence-electron chi connectivity index (χ3n) is 4.90. The number of carbonyl (C=O) groups excluding carboxylic acids is 2. The lowest BCUT2D eigenvalue weighted by Gasteiger charge is -2.28. The first kappa shape index (κ1) is 20.7.